The molecule has 3 heterocycles. The number of aliphatic imine (C=N–C) groups is 1. The molecule has 0 aliphatic carbocycles. The number of aromatic nitrogens is 5. The summed E-state index contributed by atoms with van der Waals surface area (Å²) in [4.78, 5) is 9.24. The second-order valence-corrected chi connectivity index (χ2v) is 7.68. The van der Waals surface area contributed by atoms with Gasteiger partial charge in [0.1, 0.15) is 18.2 Å². The third-order valence-corrected chi connectivity index (χ3v) is 5.23. The van der Waals surface area contributed by atoms with Crippen molar-refractivity contribution in [2.24, 2.45) is 4.99 Å². The predicted octanol–water partition coefficient (Wildman–Crippen LogP) is 2.48. The smallest absolute Gasteiger partial charge is 0.191 e. The third-order valence-electron chi connectivity index (χ3n) is 5.23. The minimum atomic E-state index is -0.257. The summed E-state index contributed by atoms with van der Waals surface area (Å²) in [6, 6.07) is 8.48. The van der Waals surface area contributed by atoms with Gasteiger partial charge in [0.25, 0.3) is 0 Å². The number of methoxy groups -OCH3 is 1. The highest BCUT2D eigenvalue weighted by Gasteiger charge is 2.22. The lowest BCUT2D eigenvalue weighted by Crippen LogP contribution is -2.47. The number of hydrogen-bond donors (Lipinski definition) is 2. The zero-order chi connectivity index (χ0) is 22.3. The molecule has 33 heavy (non-hydrogen) atoms. The predicted molar refractivity (Wildman–Crippen MR) is 135 cm³/mol. The second-order valence-electron chi connectivity index (χ2n) is 7.68. The normalized spacial score (nSPS) is 15.6. The summed E-state index contributed by atoms with van der Waals surface area (Å²) in [5.41, 5.74) is 1.76. The van der Waals surface area contributed by atoms with E-state index in [2.05, 4.69) is 32.7 Å². The van der Waals surface area contributed by atoms with Crippen molar-refractivity contribution < 1.29 is 9.13 Å². The molecule has 4 rings (SSSR count). The average Bonchev–Trinajstić information content (AvgIpc) is 3.41. The number of aryl methyl sites for hydroxylation is 1. The zero-order valence-corrected chi connectivity index (χ0v) is 21.2. The van der Waals surface area contributed by atoms with Crippen LogP contribution >= 0.6 is 24.0 Å². The molecule has 1 atom stereocenters. The van der Waals surface area contributed by atoms with Gasteiger partial charge in [-0.3, -0.25) is 4.99 Å². The van der Waals surface area contributed by atoms with E-state index < -0.39 is 0 Å². The minimum Gasteiger partial charge on any atom is -0.377 e. The third kappa shape index (κ3) is 6.73. The van der Waals surface area contributed by atoms with Gasteiger partial charge in [0.15, 0.2) is 11.8 Å². The maximum Gasteiger partial charge on any atom is 0.191 e. The first-order valence-electron chi connectivity index (χ1n) is 10.9. The number of nitrogens with one attached hydrogen (secondary N) is 2. The number of fused-ring (bicyclic) bond motifs is 1. The molecule has 1 unspecified atom stereocenters. The van der Waals surface area contributed by atoms with E-state index in [0.717, 1.165) is 54.9 Å². The van der Waals surface area contributed by atoms with Gasteiger partial charge in [-0.25, -0.2) is 18.7 Å². The van der Waals surface area contributed by atoms with Crippen LogP contribution in [-0.2, 0) is 30.7 Å². The molecule has 2 N–H and O–H groups in total. The lowest BCUT2D eigenvalue weighted by molar-refractivity contribution is 0.177. The Morgan fingerprint density at radius 3 is 2.82 bits per heavy atom. The molecule has 0 fully saturated rings. The van der Waals surface area contributed by atoms with Crippen LogP contribution in [0.5, 0.6) is 0 Å². The maximum absolute atomic E-state index is 13.1. The summed E-state index contributed by atoms with van der Waals surface area (Å²) in [6.07, 6.45) is 4.43. The lowest BCUT2D eigenvalue weighted by atomic mass is 10.1. The lowest BCUT2D eigenvalue weighted by Gasteiger charge is -2.25. The topological polar surface area (TPSA) is 94.2 Å². The van der Waals surface area contributed by atoms with Gasteiger partial charge in [0, 0.05) is 45.3 Å². The van der Waals surface area contributed by atoms with Crippen molar-refractivity contribution in [2.75, 3.05) is 20.2 Å². The Labute approximate surface area is 209 Å². The Kier molecular flexibility index (Phi) is 9.18. The molecule has 2 aromatic heterocycles. The van der Waals surface area contributed by atoms with Gasteiger partial charge in [-0.2, -0.15) is 10.2 Å². The van der Waals surface area contributed by atoms with Crippen LogP contribution in [0, 0.1) is 5.82 Å². The van der Waals surface area contributed by atoms with Gasteiger partial charge in [-0.15, -0.1) is 24.0 Å². The number of nitrogens with zero attached hydrogens (tertiary/aromatic N) is 6. The van der Waals surface area contributed by atoms with E-state index in [4.69, 9.17) is 9.73 Å². The first-order valence-corrected chi connectivity index (χ1v) is 10.9. The van der Waals surface area contributed by atoms with Crippen molar-refractivity contribution in [2.45, 2.75) is 45.4 Å². The fraction of sp³-hybridized carbons (Fsp3) is 0.455. The molecule has 1 aliphatic rings. The minimum absolute atomic E-state index is 0. The summed E-state index contributed by atoms with van der Waals surface area (Å²) < 4.78 is 22.0. The highest BCUT2D eigenvalue weighted by molar-refractivity contribution is 14.0. The Morgan fingerprint density at radius 2 is 2.06 bits per heavy atom. The highest BCUT2D eigenvalue weighted by Crippen LogP contribution is 2.14. The molecule has 0 radical (unpaired) electrons. The van der Waals surface area contributed by atoms with Crippen LogP contribution in [0.3, 0.4) is 0 Å². The molecular weight excluding hydrogens is 538 g/mol. The number of hydrogen-bond acceptors (Lipinski definition) is 5. The standard InChI is InChI=1S/C22H29FN8O.HI/c1-3-24-22(26-18-6-9-21-27-20(15-32-2)29-31(21)14-18)25-12-10-17-11-13-30(28-17)19-7-4-16(23)5-8-19;/h4-5,7-8,11,13,18H,3,6,9-10,12,14-15H2,1-2H3,(H2,24,25,26);1H. The van der Waals surface area contributed by atoms with Gasteiger partial charge in [-0.1, -0.05) is 0 Å². The van der Waals surface area contributed by atoms with E-state index in [1.165, 1.54) is 12.1 Å². The van der Waals surface area contributed by atoms with E-state index in [1.54, 1.807) is 23.9 Å². The highest BCUT2D eigenvalue weighted by atomic mass is 127. The van der Waals surface area contributed by atoms with Crippen LogP contribution in [0.4, 0.5) is 4.39 Å². The number of rotatable bonds is 8. The molecule has 0 saturated carbocycles. The van der Waals surface area contributed by atoms with Crippen molar-refractivity contribution in [1.82, 2.24) is 35.2 Å². The fourth-order valence-electron chi connectivity index (χ4n) is 3.70. The molecule has 0 spiro atoms. The Bertz CT molecular complexity index is 1050. The van der Waals surface area contributed by atoms with Crippen molar-refractivity contribution >= 4 is 29.9 Å². The number of guanidine groups is 1. The molecule has 178 valence electrons. The fourth-order valence-corrected chi connectivity index (χ4v) is 3.70. The van der Waals surface area contributed by atoms with E-state index in [0.29, 0.717) is 19.6 Å². The largest absolute Gasteiger partial charge is 0.377 e. The van der Waals surface area contributed by atoms with Crippen LogP contribution in [0.1, 0.15) is 30.7 Å². The summed E-state index contributed by atoms with van der Waals surface area (Å²) in [5.74, 6) is 2.26. The van der Waals surface area contributed by atoms with Crippen LogP contribution < -0.4 is 10.6 Å². The van der Waals surface area contributed by atoms with Crippen molar-refractivity contribution in [3.63, 3.8) is 0 Å². The molecule has 1 aliphatic heterocycles. The average molecular weight is 568 g/mol. The summed E-state index contributed by atoms with van der Waals surface area (Å²) in [5, 5.41) is 15.9. The first kappa shape index (κ1) is 25.1. The van der Waals surface area contributed by atoms with Crippen molar-refractivity contribution in [1.29, 1.82) is 0 Å². The molecule has 0 amide bonds. The van der Waals surface area contributed by atoms with Gasteiger partial charge in [-0.05, 0) is 43.7 Å². The van der Waals surface area contributed by atoms with Crippen LogP contribution in [0.2, 0.25) is 0 Å². The summed E-state index contributed by atoms with van der Waals surface area (Å²) in [7, 11) is 1.65. The Balaban J connectivity index is 0.00000306. The zero-order valence-electron chi connectivity index (χ0n) is 18.9. The quantitative estimate of drug-likeness (QED) is 0.247. The summed E-state index contributed by atoms with van der Waals surface area (Å²) >= 11 is 0. The Hall–Kier alpha value is -2.54. The van der Waals surface area contributed by atoms with Gasteiger partial charge in [0.05, 0.1) is 17.9 Å². The SMILES string of the molecule is CCNC(=NCCc1ccn(-c2ccc(F)cc2)n1)NC1CCc2nc(COC)nn2C1.I. The molecule has 0 bridgehead atoms. The molecular formula is C22H30FIN8O. The van der Waals surface area contributed by atoms with Crippen molar-refractivity contribution in [3.8, 4) is 5.69 Å². The van der Waals surface area contributed by atoms with Crippen LogP contribution in [-0.4, -0.2) is 56.7 Å². The number of benzene rings is 1. The van der Waals surface area contributed by atoms with Crippen LogP contribution in [0.25, 0.3) is 5.69 Å². The monoisotopic (exact) mass is 568 g/mol. The Morgan fingerprint density at radius 1 is 1.24 bits per heavy atom. The van der Waals surface area contributed by atoms with E-state index >= 15 is 0 Å². The van der Waals surface area contributed by atoms with E-state index in [-0.39, 0.29) is 35.8 Å². The first-order chi connectivity index (χ1) is 15.6. The second kappa shape index (κ2) is 12.1. The van der Waals surface area contributed by atoms with Gasteiger partial charge >= 0.3 is 0 Å². The molecule has 3 aromatic rings. The van der Waals surface area contributed by atoms with Crippen molar-refractivity contribution in [3.05, 3.63) is 59.7 Å². The van der Waals surface area contributed by atoms with Crippen LogP contribution in [0.15, 0.2) is 41.5 Å². The molecule has 9 nitrogen and oxygen atoms in total. The molecule has 11 heteroatoms. The van der Waals surface area contributed by atoms with Gasteiger partial charge in [0.2, 0.25) is 0 Å². The maximum atomic E-state index is 13.1. The van der Waals surface area contributed by atoms with E-state index in [1.807, 2.05) is 16.9 Å². The molecule has 1 aromatic carbocycles. The molecule has 0 saturated heterocycles. The van der Waals surface area contributed by atoms with E-state index in [9.17, 15) is 4.39 Å². The van der Waals surface area contributed by atoms with Gasteiger partial charge < -0.3 is 15.4 Å². The summed E-state index contributed by atoms with van der Waals surface area (Å²) in [6.45, 7) is 4.62. The number of ether oxygens (including phenoxy) is 1. The number of halogens is 2.